The predicted molar refractivity (Wildman–Crippen MR) is 135 cm³/mol. The van der Waals surface area contributed by atoms with Crippen molar-refractivity contribution in [3.05, 3.63) is 53.1 Å². The van der Waals surface area contributed by atoms with Gasteiger partial charge in [-0.2, -0.15) is 0 Å². The van der Waals surface area contributed by atoms with Crippen molar-refractivity contribution in [2.75, 3.05) is 44.0 Å². The number of carbonyl (C=O) groups is 1. The molecular weight excluding hydrogens is 460 g/mol. The molecule has 36 heavy (non-hydrogen) atoms. The van der Waals surface area contributed by atoms with Gasteiger partial charge in [-0.3, -0.25) is 14.4 Å². The molecule has 11 nitrogen and oxygen atoms in total. The SMILES string of the molecule is COc1nn(C)cc1Nc1ncc(C)c(C2=CCc3c2ccnc3NC(=O)[C@@H](C)N2CCOCC2)n1. The lowest BCUT2D eigenvalue weighted by Crippen LogP contribution is -2.47. The van der Waals surface area contributed by atoms with Gasteiger partial charge >= 0.3 is 0 Å². The second-order valence-electron chi connectivity index (χ2n) is 8.90. The Labute approximate surface area is 209 Å². The van der Waals surface area contributed by atoms with Crippen LogP contribution in [0.15, 0.2) is 30.7 Å². The van der Waals surface area contributed by atoms with Gasteiger partial charge in [0.25, 0.3) is 5.88 Å². The fraction of sp³-hybridized carbons (Fsp3) is 0.400. The van der Waals surface area contributed by atoms with Crippen LogP contribution in [0.2, 0.25) is 0 Å². The lowest BCUT2D eigenvalue weighted by Gasteiger charge is -2.31. The van der Waals surface area contributed by atoms with Crippen LogP contribution in [0.5, 0.6) is 5.88 Å². The summed E-state index contributed by atoms with van der Waals surface area (Å²) in [5.74, 6) is 1.43. The molecule has 3 aromatic rings. The number of ether oxygens (including phenoxy) is 2. The zero-order valence-corrected chi connectivity index (χ0v) is 20.9. The van der Waals surface area contributed by atoms with Crippen molar-refractivity contribution in [1.29, 1.82) is 0 Å². The van der Waals surface area contributed by atoms with Crippen molar-refractivity contribution in [2.45, 2.75) is 26.3 Å². The number of hydrogen-bond donors (Lipinski definition) is 2. The van der Waals surface area contributed by atoms with Gasteiger partial charge in [-0.15, -0.1) is 5.10 Å². The largest absolute Gasteiger partial charge is 0.478 e. The van der Waals surface area contributed by atoms with Gasteiger partial charge in [0.2, 0.25) is 11.9 Å². The molecule has 0 unspecified atom stereocenters. The van der Waals surface area contributed by atoms with Gasteiger partial charge in [0.15, 0.2) is 0 Å². The lowest BCUT2D eigenvalue weighted by atomic mass is 10.0. The summed E-state index contributed by atoms with van der Waals surface area (Å²) in [4.78, 5) is 28.9. The molecule has 0 aromatic carbocycles. The average molecular weight is 491 g/mol. The third-order valence-electron chi connectivity index (χ3n) is 6.53. The number of amides is 1. The van der Waals surface area contributed by atoms with Crippen LogP contribution < -0.4 is 15.4 Å². The zero-order chi connectivity index (χ0) is 25.2. The Morgan fingerprint density at radius 2 is 2.06 bits per heavy atom. The average Bonchev–Trinajstić information content (AvgIpc) is 3.48. The molecule has 11 heteroatoms. The van der Waals surface area contributed by atoms with E-state index in [0.717, 1.165) is 41.0 Å². The molecule has 188 valence electrons. The van der Waals surface area contributed by atoms with Crippen LogP contribution in [-0.4, -0.2) is 75.0 Å². The summed E-state index contributed by atoms with van der Waals surface area (Å²) in [6.07, 6.45) is 8.10. The summed E-state index contributed by atoms with van der Waals surface area (Å²) in [6, 6.07) is 1.70. The summed E-state index contributed by atoms with van der Waals surface area (Å²) in [7, 11) is 3.39. The smallest absolute Gasteiger partial charge is 0.256 e. The van der Waals surface area contributed by atoms with Crippen LogP contribution in [0, 0.1) is 6.92 Å². The molecule has 0 spiro atoms. The van der Waals surface area contributed by atoms with E-state index in [2.05, 4.69) is 36.7 Å². The Bertz CT molecular complexity index is 1310. The number of morpholine rings is 1. The standard InChI is InChI=1S/C25H30N8O3/c1-15-13-27-25(28-20-14-32(3)31-24(20)35-4)29-21(15)18-5-6-19-17(18)7-8-26-22(19)30-23(34)16(2)33-9-11-36-12-10-33/h5,7-8,13-14,16H,6,9-12H2,1-4H3,(H,26,30,34)(H,27,28,29)/t16-/m1/s1. The molecule has 0 radical (unpaired) electrons. The van der Waals surface area contributed by atoms with Gasteiger partial charge in [0, 0.05) is 43.7 Å². The van der Waals surface area contributed by atoms with E-state index in [9.17, 15) is 4.79 Å². The molecule has 0 saturated carbocycles. The first-order valence-electron chi connectivity index (χ1n) is 11.9. The number of hydrogen-bond acceptors (Lipinski definition) is 9. The number of fused-ring (bicyclic) bond motifs is 1. The molecule has 4 heterocycles. The number of nitrogens with zero attached hydrogens (tertiary/aromatic N) is 6. The number of methoxy groups -OCH3 is 1. The number of pyridine rings is 1. The molecule has 1 saturated heterocycles. The molecule has 3 aromatic heterocycles. The zero-order valence-electron chi connectivity index (χ0n) is 20.9. The molecule has 2 N–H and O–H groups in total. The summed E-state index contributed by atoms with van der Waals surface area (Å²) < 4.78 is 12.4. The van der Waals surface area contributed by atoms with Gasteiger partial charge in [-0.05, 0) is 37.5 Å². The van der Waals surface area contributed by atoms with Crippen LogP contribution in [0.3, 0.4) is 0 Å². The Morgan fingerprint density at radius 1 is 1.25 bits per heavy atom. The first kappa shape index (κ1) is 23.9. The van der Waals surface area contributed by atoms with Crippen LogP contribution >= 0.6 is 0 Å². The first-order chi connectivity index (χ1) is 17.4. The van der Waals surface area contributed by atoms with Gasteiger partial charge in [-0.1, -0.05) is 6.08 Å². The van der Waals surface area contributed by atoms with Crippen molar-refractivity contribution in [3.8, 4) is 5.88 Å². The number of nitrogens with one attached hydrogen (secondary N) is 2. The number of rotatable bonds is 7. The summed E-state index contributed by atoms with van der Waals surface area (Å²) in [5, 5.41) is 10.5. The van der Waals surface area contributed by atoms with E-state index in [-0.39, 0.29) is 11.9 Å². The Morgan fingerprint density at radius 3 is 2.83 bits per heavy atom. The third-order valence-corrected chi connectivity index (χ3v) is 6.53. The molecule has 0 bridgehead atoms. The highest BCUT2D eigenvalue weighted by atomic mass is 16.5. The molecule has 1 aliphatic heterocycles. The number of allylic oxidation sites excluding steroid dienone is 1. The van der Waals surface area contributed by atoms with E-state index in [1.54, 1.807) is 24.2 Å². The molecule has 5 rings (SSSR count). The van der Waals surface area contributed by atoms with E-state index in [1.807, 2.05) is 33.2 Å². The number of carbonyl (C=O) groups excluding carboxylic acids is 1. The topological polar surface area (TPSA) is 119 Å². The Hall–Kier alpha value is -3.83. The monoisotopic (exact) mass is 490 g/mol. The van der Waals surface area contributed by atoms with Crippen LogP contribution in [0.25, 0.3) is 5.57 Å². The molecule has 1 aliphatic carbocycles. The third kappa shape index (κ3) is 4.67. The van der Waals surface area contributed by atoms with Gasteiger partial charge in [0.1, 0.15) is 11.5 Å². The predicted octanol–water partition coefficient (Wildman–Crippen LogP) is 2.31. The van der Waals surface area contributed by atoms with E-state index in [1.165, 1.54) is 0 Å². The van der Waals surface area contributed by atoms with Crippen molar-refractivity contribution in [2.24, 2.45) is 7.05 Å². The Balaban J connectivity index is 1.38. The summed E-state index contributed by atoms with van der Waals surface area (Å²) >= 11 is 0. The maximum Gasteiger partial charge on any atom is 0.256 e. The molecule has 1 amide bonds. The molecule has 1 fully saturated rings. The van der Waals surface area contributed by atoms with E-state index in [0.29, 0.717) is 43.0 Å². The van der Waals surface area contributed by atoms with Crippen molar-refractivity contribution < 1.29 is 14.3 Å². The normalized spacial score (nSPS) is 16.3. The van der Waals surface area contributed by atoms with Crippen LogP contribution in [0.4, 0.5) is 17.5 Å². The summed E-state index contributed by atoms with van der Waals surface area (Å²) in [6.45, 7) is 6.68. The first-order valence-corrected chi connectivity index (χ1v) is 11.9. The number of aryl methyl sites for hydroxylation is 2. The minimum atomic E-state index is -0.261. The highest BCUT2D eigenvalue weighted by Crippen LogP contribution is 2.36. The molecule has 1 atom stereocenters. The van der Waals surface area contributed by atoms with Crippen molar-refractivity contribution in [1.82, 2.24) is 29.6 Å². The van der Waals surface area contributed by atoms with Gasteiger partial charge in [0.05, 0.1) is 38.3 Å². The van der Waals surface area contributed by atoms with E-state index >= 15 is 0 Å². The minimum absolute atomic E-state index is 0.0682. The maximum atomic E-state index is 13.0. The number of anilines is 3. The van der Waals surface area contributed by atoms with Crippen molar-refractivity contribution in [3.63, 3.8) is 0 Å². The lowest BCUT2D eigenvalue weighted by molar-refractivity contribution is -0.122. The second-order valence-corrected chi connectivity index (χ2v) is 8.90. The Kier molecular flexibility index (Phi) is 6.66. The van der Waals surface area contributed by atoms with Gasteiger partial charge in [-0.25, -0.2) is 15.0 Å². The minimum Gasteiger partial charge on any atom is -0.478 e. The molecule has 2 aliphatic rings. The summed E-state index contributed by atoms with van der Waals surface area (Å²) in [5.41, 5.74) is 5.42. The number of aromatic nitrogens is 5. The van der Waals surface area contributed by atoms with E-state index < -0.39 is 0 Å². The highest BCUT2D eigenvalue weighted by Gasteiger charge is 2.27. The fourth-order valence-corrected chi connectivity index (χ4v) is 4.55. The van der Waals surface area contributed by atoms with E-state index in [4.69, 9.17) is 14.5 Å². The van der Waals surface area contributed by atoms with Crippen LogP contribution in [-0.2, 0) is 23.0 Å². The van der Waals surface area contributed by atoms with Crippen LogP contribution in [0.1, 0.15) is 29.3 Å². The maximum absolute atomic E-state index is 13.0. The highest BCUT2D eigenvalue weighted by molar-refractivity contribution is 5.96. The molecular formula is C25H30N8O3. The van der Waals surface area contributed by atoms with Crippen molar-refractivity contribution >= 4 is 28.9 Å². The quantitative estimate of drug-likeness (QED) is 0.514. The van der Waals surface area contributed by atoms with Gasteiger partial charge < -0.3 is 20.1 Å². The fourth-order valence-electron chi connectivity index (χ4n) is 4.55. The second kappa shape index (κ2) is 10.0.